The molecule has 0 aromatic rings. The molecular weight excluding hydrogens is 230 g/mol. The molecule has 0 fully saturated rings. The molecule has 0 heterocycles. The summed E-state index contributed by atoms with van der Waals surface area (Å²) < 4.78 is 5.19. The quantitative estimate of drug-likeness (QED) is 0.408. The zero-order valence-corrected chi connectivity index (χ0v) is 10.7. The maximum Gasteiger partial charge on any atom is 0.361 e. The second-order valence-corrected chi connectivity index (χ2v) is 4.46. The van der Waals surface area contributed by atoms with Gasteiger partial charge in [-0.2, -0.15) is 0 Å². The van der Waals surface area contributed by atoms with Crippen LogP contribution in [-0.4, -0.2) is 73.6 Å². The van der Waals surface area contributed by atoms with Gasteiger partial charge in [-0.05, 0) is 6.92 Å². The molecule has 0 radical (unpaired) electrons. The van der Waals surface area contributed by atoms with E-state index < -0.39 is 18.7 Å². The Kier molecular flexibility index (Phi) is 9.54. The molecule has 2 N–H and O–H groups in total. The summed E-state index contributed by atoms with van der Waals surface area (Å²) in [4.78, 5) is 19.9. The molecule has 0 saturated heterocycles. The molecule has 7 heteroatoms. The van der Waals surface area contributed by atoms with Gasteiger partial charge in [-0.15, -0.1) is 0 Å². The number of aliphatic hydroxyl groups excluding tert-OH is 2. The van der Waals surface area contributed by atoms with Gasteiger partial charge in [0.2, 0.25) is 0 Å². The summed E-state index contributed by atoms with van der Waals surface area (Å²) in [6.45, 7) is 0.686. The molecule has 7 nitrogen and oxygen atoms in total. The number of ether oxygens (including phenoxy) is 1. The molecule has 0 amide bonds. The largest absolute Gasteiger partial charge is 0.550 e. The molecule has 1 unspecified atom stereocenters. The predicted octanol–water partition coefficient (Wildman–Crippen LogP) is -2.65. The van der Waals surface area contributed by atoms with Gasteiger partial charge in [0.05, 0.1) is 27.7 Å². The van der Waals surface area contributed by atoms with Gasteiger partial charge >= 0.3 is 5.97 Å². The van der Waals surface area contributed by atoms with Gasteiger partial charge in [0.25, 0.3) is 0 Å². The van der Waals surface area contributed by atoms with Crippen LogP contribution < -0.4 is 5.11 Å². The summed E-state index contributed by atoms with van der Waals surface area (Å²) in [5, 5.41) is 26.2. The number of likely N-dealkylation sites (N-methyl/N-ethyl adjacent to an activating group) is 1. The number of nitrogens with zero attached hydrogens (tertiary/aromatic N) is 1. The Labute approximate surface area is 101 Å². The average Bonchev–Trinajstić information content (AvgIpc) is 2.10. The molecule has 0 saturated carbocycles. The highest BCUT2D eigenvalue weighted by atomic mass is 16.5. The molecule has 0 rings (SSSR count). The first-order chi connectivity index (χ1) is 7.58. The summed E-state index contributed by atoms with van der Waals surface area (Å²) in [6, 6.07) is 0. The van der Waals surface area contributed by atoms with Crippen LogP contribution in [-0.2, 0) is 14.3 Å². The summed E-state index contributed by atoms with van der Waals surface area (Å²) in [5.74, 6) is -1.46. The van der Waals surface area contributed by atoms with Crippen LogP contribution in [0, 0.1) is 0 Å². The Bertz CT molecular complexity index is 231. The summed E-state index contributed by atoms with van der Waals surface area (Å²) >= 11 is 0. The molecule has 1 atom stereocenters. The van der Waals surface area contributed by atoms with Crippen LogP contribution in [0.4, 0.5) is 0 Å². The number of esters is 1. The van der Waals surface area contributed by atoms with Crippen molar-refractivity contribution in [2.45, 2.75) is 13.0 Å². The van der Waals surface area contributed by atoms with Crippen LogP contribution in [0.5, 0.6) is 0 Å². The van der Waals surface area contributed by atoms with Crippen LogP contribution in [0.1, 0.15) is 6.92 Å². The first-order valence-electron chi connectivity index (χ1n) is 5.01. The third-order valence-electron chi connectivity index (χ3n) is 1.25. The molecule has 0 aliphatic heterocycles. The van der Waals surface area contributed by atoms with Gasteiger partial charge in [-0.3, -0.25) is 0 Å². The van der Waals surface area contributed by atoms with E-state index in [-0.39, 0.29) is 19.1 Å². The van der Waals surface area contributed by atoms with Gasteiger partial charge in [0.15, 0.2) is 6.54 Å². The Morgan fingerprint density at radius 3 is 2.06 bits per heavy atom. The minimum Gasteiger partial charge on any atom is -0.550 e. The molecule has 0 bridgehead atoms. The Morgan fingerprint density at radius 1 is 1.35 bits per heavy atom. The third-order valence-corrected chi connectivity index (χ3v) is 1.25. The minimum absolute atomic E-state index is 0.144. The van der Waals surface area contributed by atoms with Crippen molar-refractivity contribution in [1.29, 1.82) is 0 Å². The van der Waals surface area contributed by atoms with Crippen LogP contribution in [0.3, 0.4) is 0 Å². The normalized spacial score (nSPS) is 12.1. The number of rotatable bonds is 5. The van der Waals surface area contributed by atoms with Crippen molar-refractivity contribution in [2.24, 2.45) is 0 Å². The number of carbonyl (C=O) groups is 2. The maximum absolute atomic E-state index is 11.0. The second kappa shape index (κ2) is 8.91. The number of carbonyl (C=O) groups excluding carboxylic acids is 2. The van der Waals surface area contributed by atoms with E-state index >= 15 is 0 Å². The van der Waals surface area contributed by atoms with E-state index in [0.717, 1.165) is 6.92 Å². The highest BCUT2D eigenvalue weighted by Crippen LogP contribution is 1.92. The molecule has 0 aliphatic carbocycles. The zero-order valence-electron chi connectivity index (χ0n) is 10.7. The third kappa shape index (κ3) is 20.8. The van der Waals surface area contributed by atoms with E-state index in [0.29, 0.717) is 4.48 Å². The lowest BCUT2D eigenvalue weighted by atomic mass is 10.4. The van der Waals surface area contributed by atoms with Crippen molar-refractivity contribution < 1.29 is 34.1 Å². The van der Waals surface area contributed by atoms with Crippen molar-refractivity contribution in [2.75, 3.05) is 40.9 Å². The predicted molar refractivity (Wildman–Crippen MR) is 57.6 cm³/mol. The smallest absolute Gasteiger partial charge is 0.361 e. The van der Waals surface area contributed by atoms with Crippen molar-refractivity contribution >= 4 is 11.9 Å². The number of carboxylic acid groups (broad SMARTS) is 1. The molecule has 102 valence electrons. The standard InChI is InChI=1S/C8H18NO4.C2H4O2/c1-9(2,3)4-8(12)13-6-7(11)5-10;1-2(3)4/h7,10-11H,4-6H2,1-3H3;1H3,(H,3,4)/q+1;/p-1. The monoisotopic (exact) mass is 251 g/mol. The first-order valence-corrected chi connectivity index (χ1v) is 5.01. The number of hydrogen-bond acceptors (Lipinski definition) is 6. The lowest BCUT2D eigenvalue weighted by Crippen LogP contribution is -2.40. The van der Waals surface area contributed by atoms with Crippen molar-refractivity contribution in [3.8, 4) is 0 Å². The van der Waals surface area contributed by atoms with Crippen LogP contribution >= 0.6 is 0 Å². The van der Waals surface area contributed by atoms with E-state index in [4.69, 9.17) is 24.9 Å². The maximum atomic E-state index is 11.0. The number of quaternary nitrogens is 1. The number of carboxylic acids is 1. The SMILES string of the molecule is CC(=O)[O-].C[N+](C)(C)CC(=O)OCC(O)CO. The number of aliphatic carboxylic acids is 1. The van der Waals surface area contributed by atoms with E-state index in [1.54, 1.807) is 0 Å². The van der Waals surface area contributed by atoms with Gasteiger partial charge in [0, 0.05) is 5.97 Å². The van der Waals surface area contributed by atoms with Crippen LogP contribution in [0.2, 0.25) is 0 Å². The van der Waals surface area contributed by atoms with Gasteiger partial charge in [-0.25, -0.2) is 4.79 Å². The highest BCUT2D eigenvalue weighted by molar-refractivity contribution is 5.70. The average molecular weight is 251 g/mol. The molecular formula is C10H21NO6. The second-order valence-electron chi connectivity index (χ2n) is 4.46. The summed E-state index contributed by atoms with van der Waals surface area (Å²) in [7, 11) is 5.59. The van der Waals surface area contributed by atoms with Gasteiger partial charge < -0.3 is 29.3 Å². The minimum atomic E-state index is -1.08. The fourth-order valence-electron chi connectivity index (χ4n) is 0.675. The molecule has 0 spiro atoms. The molecule has 17 heavy (non-hydrogen) atoms. The van der Waals surface area contributed by atoms with Gasteiger partial charge in [-0.1, -0.05) is 0 Å². The van der Waals surface area contributed by atoms with Crippen molar-refractivity contribution in [1.82, 2.24) is 0 Å². The number of hydrogen-bond donors (Lipinski definition) is 2. The first kappa shape index (κ1) is 18.2. The summed E-state index contributed by atoms with van der Waals surface area (Å²) in [6.07, 6.45) is -0.976. The lowest BCUT2D eigenvalue weighted by Gasteiger charge is -2.22. The lowest BCUT2D eigenvalue weighted by molar-refractivity contribution is -0.862. The van der Waals surface area contributed by atoms with E-state index in [1.807, 2.05) is 21.1 Å². The van der Waals surface area contributed by atoms with Gasteiger partial charge in [0.1, 0.15) is 12.7 Å². The Morgan fingerprint density at radius 2 is 1.76 bits per heavy atom. The molecule has 0 aliphatic rings. The van der Waals surface area contributed by atoms with E-state index in [9.17, 15) is 4.79 Å². The van der Waals surface area contributed by atoms with E-state index in [2.05, 4.69) is 0 Å². The fourth-order valence-corrected chi connectivity index (χ4v) is 0.675. The van der Waals surface area contributed by atoms with Crippen LogP contribution in [0.25, 0.3) is 0 Å². The van der Waals surface area contributed by atoms with Crippen molar-refractivity contribution in [3.63, 3.8) is 0 Å². The zero-order chi connectivity index (χ0) is 14.1. The number of aliphatic hydroxyl groups is 2. The topological polar surface area (TPSA) is 107 Å². The van der Waals surface area contributed by atoms with Crippen LogP contribution in [0.15, 0.2) is 0 Å². The Balaban J connectivity index is 0. The summed E-state index contributed by atoms with van der Waals surface area (Å²) in [5.41, 5.74) is 0. The van der Waals surface area contributed by atoms with Crippen molar-refractivity contribution in [3.05, 3.63) is 0 Å². The molecule has 0 aromatic heterocycles. The Hall–Kier alpha value is -1.18. The fraction of sp³-hybridized carbons (Fsp3) is 0.800. The highest BCUT2D eigenvalue weighted by Gasteiger charge is 2.16. The molecule has 0 aromatic carbocycles. The van der Waals surface area contributed by atoms with E-state index in [1.165, 1.54) is 0 Å².